The van der Waals surface area contributed by atoms with Gasteiger partial charge in [0.15, 0.2) is 0 Å². The van der Waals surface area contributed by atoms with E-state index in [4.69, 9.17) is 5.73 Å². The average Bonchev–Trinajstić information content (AvgIpc) is 2.92. The fourth-order valence-electron chi connectivity index (χ4n) is 1.98. The van der Waals surface area contributed by atoms with Crippen molar-refractivity contribution in [2.45, 2.75) is 13.0 Å². The molecule has 6 heteroatoms. The predicted octanol–water partition coefficient (Wildman–Crippen LogP) is 2.41. The molecule has 0 fully saturated rings. The molecular formula is C12H12BrN5. The Morgan fingerprint density at radius 2 is 2.17 bits per heavy atom. The molecule has 4 N–H and O–H groups in total. The maximum Gasteiger partial charge on any atom is 0.128 e. The zero-order valence-electron chi connectivity index (χ0n) is 9.74. The molecule has 0 aliphatic rings. The Labute approximate surface area is 112 Å². The van der Waals surface area contributed by atoms with E-state index in [1.165, 1.54) is 0 Å². The van der Waals surface area contributed by atoms with Gasteiger partial charge in [-0.2, -0.15) is 0 Å². The van der Waals surface area contributed by atoms with E-state index < -0.39 is 0 Å². The summed E-state index contributed by atoms with van der Waals surface area (Å²) in [5.74, 6) is 1.63. The van der Waals surface area contributed by atoms with Crippen molar-refractivity contribution in [1.82, 2.24) is 19.9 Å². The molecule has 2 aromatic heterocycles. The van der Waals surface area contributed by atoms with E-state index in [-0.39, 0.29) is 6.04 Å². The van der Waals surface area contributed by atoms with Crippen molar-refractivity contribution in [2.24, 2.45) is 5.73 Å². The van der Waals surface area contributed by atoms with Crippen LogP contribution in [-0.4, -0.2) is 19.9 Å². The second-order valence-corrected chi connectivity index (χ2v) is 5.05. The molecule has 1 unspecified atom stereocenters. The van der Waals surface area contributed by atoms with E-state index >= 15 is 0 Å². The van der Waals surface area contributed by atoms with Crippen molar-refractivity contribution in [1.29, 1.82) is 0 Å². The molecule has 3 rings (SSSR count). The number of nitrogens with zero attached hydrogens (tertiary/aromatic N) is 2. The van der Waals surface area contributed by atoms with Crippen LogP contribution in [0.2, 0.25) is 0 Å². The maximum atomic E-state index is 6.18. The smallest absolute Gasteiger partial charge is 0.128 e. The number of aromatic nitrogens is 4. The predicted molar refractivity (Wildman–Crippen MR) is 73.1 cm³/mol. The highest BCUT2D eigenvalue weighted by Gasteiger charge is 2.13. The van der Waals surface area contributed by atoms with Crippen molar-refractivity contribution >= 4 is 27.0 Å². The molecule has 0 bridgehead atoms. The van der Waals surface area contributed by atoms with Crippen LogP contribution in [0.1, 0.15) is 23.3 Å². The zero-order chi connectivity index (χ0) is 12.7. The SMILES string of the molecule is Cc1nc2ccc(C(N)c3ncc(Br)[nH]3)cc2[nH]1. The average molecular weight is 306 g/mol. The van der Waals surface area contributed by atoms with Crippen molar-refractivity contribution in [3.63, 3.8) is 0 Å². The minimum Gasteiger partial charge on any atom is -0.342 e. The summed E-state index contributed by atoms with van der Waals surface area (Å²) < 4.78 is 0.825. The first-order chi connectivity index (χ1) is 8.63. The lowest BCUT2D eigenvalue weighted by atomic mass is 10.1. The minimum atomic E-state index is -0.274. The van der Waals surface area contributed by atoms with Gasteiger partial charge in [-0.3, -0.25) is 0 Å². The first-order valence-corrected chi connectivity index (χ1v) is 6.35. The largest absolute Gasteiger partial charge is 0.342 e. The summed E-state index contributed by atoms with van der Waals surface area (Å²) in [5.41, 5.74) is 9.11. The molecule has 2 heterocycles. The Morgan fingerprint density at radius 3 is 2.89 bits per heavy atom. The molecule has 0 amide bonds. The Bertz CT molecular complexity index is 699. The lowest BCUT2D eigenvalue weighted by molar-refractivity contribution is 0.800. The van der Waals surface area contributed by atoms with Crippen LogP contribution >= 0.6 is 15.9 Å². The maximum absolute atomic E-state index is 6.18. The number of hydrogen-bond donors (Lipinski definition) is 3. The van der Waals surface area contributed by atoms with Gasteiger partial charge in [-0.25, -0.2) is 9.97 Å². The number of nitrogens with two attached hydrogens (primary N) is 1. The lowest BCUT2D eigenvalue weighted by Gasteiger charge is -2.08. The van der Waals surface area contributed by atoms with E-state index in [0.717, 1.165) is 32.8 Å². The monoisotopic (exact) mass is 305 g/mol. The standard InChI is InChI=1S/C12H12BrN5/c1-6-16-8-3-2-7(4-9(8)17-6)11(14)12-15-5-10(13)18-12/h2-5,11H,14H2,1H3,(H,15,18)(H,16,17). The first kappa shape index (κ1) is 11.4. The third-order valence-electron chi connectivity index (χ3n) is 2.84. The van der Waals surface area contributed by atoms with Gasteiger partial charge in [-0.1, -0.05) is 6.07 Å². The van der Waals surface area contributed by atoms with Gasteiger partial charge in [0, 0.05) is 0 Å². The normalized spacial score (nSPS) is 13.1. The minimum absolute atomic E-state index is 0.274. The zero-order valence-corrected chi connectivity index (χ0v) is 11.3. The van der Waals surface area contributed by atoms with Crippen LogP contribution in [0.25, 0.3) is 11.0 Å². The van der Waals surface area contributed by atoms with Crippen LogP contribution in [0, 0.1) is 6.92 Å². The fraction of sp³-hybridized carbons (Fsp3) is 0.167. The fourth-order valence-corrected chi connectivity index (χ4v) is 2.28. The highest BCUT2D eigenvalue weighted by Crippen LogP contribution is 2.22. The van der Waals surface area contributed by atoms with Crippen molar-refractivity contribution in [3.05, 3.63) is 46.2 Å². The number of nitrogens with one attached hydrogen (secondary N) is 2. The molecule has 5 nitrogen and oxygen atoms in total. The summed E-state index contributed by atoms with van der Waals surface area (Å²) in [4.78, 5) is 14.9. The van der Waals surface area contributed by atoms with E-state index in [0.29, 0.717) is 0 Å². The summed E-state index contributed by atoms with van der Waals surface area (Å²) in [6.07, 6.45) is 1.70. The number of H-pyrrole nitrogens is 2. The summed E-state index contributed by atoms with van der Waals surface area (Å²) in [7, 11) is 0. The van der Waals surface area contributed by atoms with Crippen LogP contribution in [0.4, 0.5) is 0 Å². The second kappa shape index (κ2) is 4.22. The number of halogens is 1. The number of imidazole rings is 2. The highest BCUT2D eigenvalue weighted by molar-refractivity contribution is 9.10. The third-order valence-corrected chi connectivity index (χ3v) is 3.25. The van der Waals surface area contributed by atoms with Crippen LogP contribution < -0.4 is 5.73 Å². The number of fused-ring (bicyclic) bond motifs is 1. The highest BCUT2D eigenvalue weighted by atomic mass is 79.9. The summed E-state index contributed by atoms with van der Waals surface area (Å²) in [5, 5.41) is 0. The summed E-state index contributed by atoms with van der Waals surface area (Å²) in [6, 6.07) is 5.68. The number of rotatable bonds is 2. The second-order valence-electron chi connectivity index (χ2n) is 4.19. The van der Waals surface area contributed by atoms with Crippen LogP contribution in [0.5, 0.6) is 0 Å². The van der Waals surface area contributed by atoms with Gasteiger partial charge in [0.25, 0.3) is 0 Å². The number of benzene rings is 1. The Balaban J connectivity index is 2.03. The van der Waals surface area contributed by atoms with Crippen LogP contribution in [0.3, 0.4) is 0 Å². The molecule has 92 valence electrons. The van der Waals surface area contributed by atoms with Crippen LogP contribution in [-0.2, 0) is 0 Å². The first-order valence-electron chi connectivity index (χ1n) is 5.56. The topological polar surface area (TPSA) is 83.4 Å². The molecule has 18 heavy (non-hydrogen) atoms. The third kappa shape index (κ3) is 1.93. The molecule has 1 aromatic carbocycles. The molecule has 0 radical (unpaired) electrons. The number of aromatic amines is 2. The van der Waals surface area contributed by atoms with Gasteiger partial charge < -0.3 is 15.7 Å². The van der Waals surface area contributed by atoms with Crippen molar-refractivity contribution in [3.8, 4) is 0 Å². The van der Waals surface area contributed by atoms with E-state index in [1.54, 1.807) is 6.20 Å². The number of hydrogen-bond acceptors (Lipinski definition) is 3. The molecule has 3 aromatic rings. The molecule has 0 aliphatic carbocycles. The van der Waals surface area contributed by atoms with Gasteiger partial charge >= 0.3 is 0 Å². The van der Waals surface area contributed by atoms with Gasteiger partial charge in [-0.05, 0) is 40.5 Å². The molecule has 0 aliphatic heterocycles. The number of aryl methyl sites for hydroxylation is 1. The van der Waals surface area contributed by atoms with Gasteiger partial charge in [0.1, 0.15) is 16.3 Å². The van der Waals surface area contributed by atoms with E-state index in [1.807, 2.05) is 25.1 Å². The quantitative estimate of drug-likeness (QED) is 0.680. The van der Waals surface area contributed by atoms with Gasteiger partial charge in [0.2, 0.25) is 0 Å². The van der Waals surface area contributed by atoms with E-state index in [2.05, 4.69) is 35.9 Å². The molecule has 1 atom stereocenters. The molecular weight excluding hydrogens is 294 g/mol. The van der Waals surface area contributed by atoms with Gasteiger partial charge in [0.05, 0.1) is 23.3 Å². The molecule has 0 spiro atoms. The Morgan fingerprint density at radius 1 is 1.33 bits per heavy atom. The lowest BCUT2D eigenvalue weighted by Crippen LogP contribution is -2.13. The van der Waals surface area contributed by atoms with Crippen molar-refractivity contribution in [2.75, 3.05) is 0 Å². The summed E-state index contributed by atoms with van der Waals surface area (Å²) in [6.45, 7) is 1.93. The van der Waals surface area contributed by atoms with E-state index in [9.17, 15) is 0 Å². The molecule has 0 saturated carbocycles. The Hall–Kier alpha value is -1.66. The van der Waals surface area contributed by atoms with Gasteiger partial charge in [-0.15, -0.1) is 0 Å². The molecule has 0 saturated heterocycles. The summed E-state index contributed by atoms with van der Waals surface area (Å²) >= 11 is 3.33. The Kier molecular flexibility index (Phi) is 2.68. The van der Waals surface area contributed by atoms with Crippen LogP contribution in [0.15, 0.2) is 29.0 Å². The van der Waals surface area contributed by atoms with Crippen molar-refractivity contribution < 1.29 is 0 Å².